The summed E-state index contributed by atoms with van der Waals surface area (Å²) in [5, 5.41) is 3.65. The molecule has 16 heavy (non-hydrogen) atoms. The van der Waals surface area contributed by atoms with Crippen molar-refractivity contribution in [1.29, 1.82) is 0 Å². The van der Waals surface area contributed by atoms with E-state index in [1.54, 1.807) is 7.11 Å². The van der Waals surface area contributed by atoms with Crippen LogP contribution >= 0.6 is 0 Å². The molecule has 0 radical (unpaired) electrons. The molecular weight excluding hydrogens is 198 g/mol. The second kappa shape index (κ2) is 9.00. The van der Waals surface area contributed by atoms with E-state index in [2.05, 4.69) is 33.0 Å². The van der Waals surface area contributed by atoms with Gasteiger partial charge in [-0.2, -0.15) is 0 Å². The number of hydrogen-bond donors (Lipinski definition) is 1. The van der Waals surface area contributed by atoms with Crippen molar-refractivity contribution in [3.8, 4) is 0 Å². The number of rotatable bonds is 9. The van der Waals surface area contributed by atoms with Gasteiger partial charge in [0.25, 0.3) is 0 Å². The second-order valence-electron chi connectivity index (χ2n) is 5.89. The second-order valence-corrected chi connectivity index (χ2v) is 5.89. The minimum absolute atomic E-state index is 0.452. The van der Waals surface area contributed by atoms with Crippen molar-refractivity contribution in [1.82, 2.24) is 5.32 Å². The van der Waals surface area contributed by atoms with Gasteiger partial charge in [-0.15, -0.1) is 0 Å². The van der Waals surface area contributed by atoms with Gasteiger partial charge in [0.05, 0.1) is 0 Å². The Bertz CT molecular complexity index is 151. The summed E-state index contributed by atoms with van der Waals surface area (Å²) in [6.07, 6.45) is 6.21. The number of hydrogen-bond acceptors (Lipinski definition) is 2. The van der Waals surface area contributed by atoms with Gasteiger partial charge in [-0.3, -0.25) is 0 Å². The molecule has 0 aromatic rings. The monoisotopic (exact) mass is 229 g/mol. The summed E-state index contributed by atoms with van der Waals surface area (Å²) in [5.41, 5.74) is 0.452. The molecule has 0 saturated heterocycles. The van der Waals surface area contributed by atoms with Crippen LogP contribution in [0.3, 0.4) is 0 Å². The molecule has 0 aliphatic rings. The van der Waals surface area contributed by atoms with Crippen molar-refractivity contribution >= 4 is 0 Å². The van der Waals surface area contributed by atoms with Crippen LogP contribution in [-0.4, -0.2) is 26.3 Å². The molecule has 0 heterocycles. The zero-order chi connectivity index (χ0) is 12.4. The summed E-state index contributed by atoms with van der Waals surface area (Å²) in [4.78, 5) is 0. The van der Waals surface area contributed by atoms with Crippen molar-refractivity contribution in [3.63, 3.8) is 0 Å². The molecule has 0 aliphatic heterocycles. The maximum atomic E-state index is 5.11. The zero-order valence-electron chi connectivity index (χ0n) is 11.9. The average molecular weight is 229 g/mol. The maximum absolute atomic E-state index is 5.11. The van der Waals surface area contributed by atoms with E-state index in [1.165, 1.54) is 32.1 Å². The van der Waals surface area contributed by atoms with Gasteiger partial charge in [-0.1, -0.05) is 27.7 Å². The van der Waals surface area contributed by atoms with E-state index in [9.17, 15) is 0 Å². The van der Waals surface area contributed by atoms with E-state index in [0.717, 1.165) is 13.2 Å². The highest BCUT2D eigenvalue weighted by Gasteiger charge is 2.14. The molecule has 0 aromatic carbocycles. The Hall–Kier alpha value is -0.0800. The first-order valence-electron chi connectivity index (χ1n) is 6.72. The summed E-state index contributed by atoms with van der Waals surface area (Å²) in [6.45, 7) is 11.2. The molecule has 0 amide bonds. The van der Waals surface area contributed by atoms with E-state index >= 15 is 0 Å². The van der Waals surface area contributed by atoms with Gasteiger partial charge in [-0.25, -0.2) is 0 Å². The van der Waals surface area contributed by atoms with E-state index in [1.807, 2.05) is 0 Å². The van der Waals surface area contributed by atoms with E-state index in [0.29, 0.717) is 11.5 Å². The first kappa shape index (κ1) is 15.9. The van der Waals surface area contributed by atoms with Crippen LogP contribution in [0.25, 0.3) is 0 Å². The van der Waals surface area contributed by atoms with Crippen LogP contribution in [0.5, 0.6) is 0 Å². The fraction of sp³-hybridized carbons (Fsp3) is 1.00. The third-order valence-corrected chi connectivity index (χ3v) is 2.83. The Morgan fingerprint density at radius 1 is 1.19 bits per heavy atom. The fourth-order valence-electron chi connectivity index (χ4n) is 1.78. The van der Waals surface area contributed by atoms with E-state index in [4.69, 9.17) is 4.74 Å². The van der Waals surface area contributed by atoms with Crippen LogP contribution in [-0.2, 0) is 4.74 Å². The van der Waals surface area contributed by atoms with Gasteiger partial charge in [-0.05, 0) is 44.1 Å². The normalized spacial score (nSPS) is 14.1. The Morgan fingerprint density at radius 2 is 1.88 bits per heavy atom. The van der Waals surface area contributed by atoms with Gasteiger partial charge in [0.15, 0.2) is 0 Å². The minimum atomic E-state index is 0.452. The molecule has 0 aliphatic carbocycles. The molecule has 0 spiro atoms. The average Bonchev–Trinajstić information content (AvgIpc) is 2.20. The molecule has 98 valence electrons. The van der Waals surface area contributed by atoms with Gasteiger partial charge in [0.1, 0.15) is 0 Å². The smallest absolute Gasteiger partial charge is 0.0462 e. The summed E-state index contributed by atoms with van der Waals surface area (Å²) >= 11 is 0. The van der Waals surface area contributed by atoms with Crippen molar-refractivity contribution < 1.29 is 4.74 Å². The summed E-state index contributed by atoms with van der Waals surface area (Å²) in [5.74, 6) is 0. The molecule has 1 N–H and O–H groups in total. The van der Waals surface area contributed by atoms with Crippen LogP contribution in [0.15, 0.2) is 0 Å². The first-order valence-corrected chi connectivity index (χ1v) is 6.72. The third kappa shape index (κ3) is 10.4. The van der Waals surface area contributed by atoms with Crippen LogP contribution in [0, 0.1) is 5.41 Å². The predicted molar refractivity (Wildman–Crippen MR) is 71.9 cm³/mol. The van der Waals surface area contributed by atoms with Crippen molar-refractivity contribution in [2.75, 3.05) is 20.3 Å². The summed E-state index contributed by atoms with van der Waals surface area (Å²) in [6, 6.07) is 0.675. The SMILES string of the molecule is CCCNC(CCCOC)CCC(C)(C)C. The largest absolute Gasteiger partial charge is 0.385 e. The number of nitrogens with one attached hydrogen (secondary N) is 1. The lowest BCUT2D eigenvalue weighted by atomic mass is 9.88. The molecule has 0 aromatic heterocycles. The van der Waals surface area contributed by atoms with Crippen LogP contribution in [0.1, 0.15) is 59.8 Å². The number of ether oxygens (including phenoxy) is 1. The maximum Gasteiger partial charge on any atom is 0.0462 e. The first-order chi connectivity index (χ1) is 7.49. The molecule has 0 bridgehead atoms. The molecule has 2 nitrogen and oxygen atoms in total. The third-order valence-electron chi connectivity index (χ3n) is 2.83. The topological polar surface area (TPSA) is 21.3 Å². The zero-order valence-corrected chi connectivity index (χ0v) is 11.9. The molecule has 1 unspecified atom stereocenters. The fourth-order valence-corrected chi connectivity index (χ4v) is 1.78. The minimum Gasteiger partial charge on any atom is -0.385 e. The quantitative estimate of drug-likeness (QED) is 0.610. The van der Waals surface area contributed by atoms with Gasteiger partial charge in [0, 0.05) is 19.8 Å². The van der Waals surface area contributed by atoms with E-state index < -0.39 is 0 Å². The standard InChI is InChI=1S/C14H31NO/c1-6-11-15-13(8-7-12-16-5)9-10-14(2,3)4/h13,15H,6-12H2,1-5H3. The van der Waals surface area contributed by atoms with Gasteiger partial charge < -0.3 is 10.1 Å². The van der Waals surface area contributed by atoms with Crippen LogP contribution in [0.4, 0.5) is 0 Å². The predicted octanol–water partition coefficient (Wildman–Crippen LogP) is 3.61. The summed E-state index contributed by atoms with van der Waals surface area (Å²) < 4.78 is 5.11. The van der Waals surface area contributed by atoms with Crippen molar-refractivity contribution in [2.24, 2.45) is 5.41 Å². The molecule has 1 atom stereocenters. The Labute approximate surface area is 102 Å². The van der Waals surface area contributed by atoms with Crippen LogP contribution in [0.2, 0.25) is 0 Å². The molecule has 0 rings (SSSR count). The lowest BCUT2D eigenvalue weighted by Gasteiger charge is -2.24. The Balaban J connectivity index is 3.80. The molecule has 0 fully saturated rings. The molecule has 0 saturated carbocycles. The Kier molecular flexibility index (Phi) is 8.96. The van der Waals surface area contributed by atoms with Gasteiger partial charge in [0.2, 0.25) is 0 Å². The van der Waals surface area contributed by atoms with Crippen molar-refractivity contribution in [3.05, 3.63) is 0 Å². The van der Waals surface area contributed by atoms with Gasteiger partial charge >= 0.3 is 0 Å². The lowest BCUT2D eigenvalue weighted by Crippen LogP contribution is -2.31. The number of methoxy groups -OCH3 is 1. The highest BCUT2D eigenvalue weighted by molar-refractivity contribution is 4.71. The molecule has 2 heteroatoms. The lowest BCUT2D eigenvalue weighted by molar-refractivity contribution is 0.186. The van der Waals surface area contributed by atoms with Crippen molar-refractivity contribution in [2.45, 2.75) is 65.8 Å². The summed E-state index contributed by atoms with van der Waals surface area (Å²) in [7, 11) is 1.78. The molecular formula is C14H31NO. The van der Waals surface area contributed by atoms with Crippen LogP contribution < -0.4 is 5.32 Å². The van der Waals surface area contributed by atoms with E-state index in [-0.39, 0.29) is 0 Å². The Morgan fingerprint density at radius 3 is 2.38 bits per heavy atom. The highest BCUT2D eigenvalue weighted by Crippen LogP contribution is 2.22. The highest BCUT2D eigenvalue weighted by atomic mass is 16.5.